The van der Waals surface area contributed by atoms with Gasteiger partial charge in [-0.15, -0.1) is 0 Å². The Morgan fingerprint density at radius 2 is 1.77 bits per heavy atom. The molecule has 0 saturated heterocycles. The molecule has 154 valence electrons. The predicted molar refractivity (Wildman–Crippen MR) is 123 cm³/mol. The molecule has 0 aliphatic carbocycles. The van der Waals surface area contributed by atoms with Crippen molar-refractivity contribution in [2.45, 2.75) is 13.8 Å². The Morgan fingerprint density at radius 3 is 2.58 bits per heavy atom. The van der Waals surface area contributed by atoms with Crippen LogP contribution in [-0.4, -0.2) is 28.1 Å². The summed E-state index contributed by atoms with van der Waals surface area (Å²) in [5, 5.41) is 3.31. The van der Waals surface area contributed by atoms with Gasteiger partial charge in [-0.2, -0.15) is 4.98 Å². The Morgan fingerprint density at radius 1 is 0.935 bits per heavy atom. The monoisotopic (exact) mass is 409 g/mol. The molecule has 0 saturated carbocycles. The summed E-state index contributed by atoms with van der Waals surface area (Å²) in [6.45, 7) is 5.45. The first kappa shape index (κ1) is 19.1. The third-order valence-electron chi connectivity index (χ3n) is 5.34. The number of pyridine rings is 1. The molecule has 0 bridgehead atoms. The predicted octanol–water partition coefficient (Wildman–Crippen LogP) is 5.43. The van der Waals surface area contributed by atoms with E-state index in [0.29, 0.717) is 18.3 Å². The minimum Gasteiger partial charge on any atom is -0.486 e. The lowest BCUT2D eigenvalue weighted by atomic mass is 10.1. The van der Waals surface area contributed by atoms with Crippen LogP contribution in [0.25, 0.3) is 11.1 Å². The molecule has 0 atom stereocenters. The number of anilines is 4. The van der Waals surface area contributed by atoms with E-state index in [4.69, 9.17) is 9.72 Å². The van der Waals surface area contributed by atoms with Crippen LogP contribution in [-0.2, 0) is 0 Å². The summed E-state index contributed by atoms with van der Waals surface area (Å²) in [6.07, 6.45) is 3.57. The number of fused-ring (bicyclic) bond motifs is 1. The number of nitrogens with zero attached hydrogens (tertiary/aromatic N) is 4. The number of nitrogens with one attached hydrogen (secondary N) is 1. The number of aryl methyl sites for hydroxylation is 2. The standard InChI is InChI=1S/C25H23N5O/c1-17-5-3-4-6-22(17)30-13-14-31-23-16-27-25(29-24(23)30)28-21-9-7-19(8-10-21)20-11-12-26-18(2)15-20/h3-12,15-16H,13-14H2,1-2H3,(H,27,28,29). The molecule has 2 aromatic heterocycles. The first-order chi connectivity index (χ1) is 15.2. The van der Waals surface area contributed by atoms with Crippen LogP contribution in [0.1, 0.15) is 11.3 Å². The van der Waals surface area contributed by atoms with Crippen LogP contribution in [0.2, 0.25) is 0 Å². The normalized spacial score (nSPS) is 12.8. The van der Waals surface area contributed by atoms with Crippen LogP contribution in [0.15, 0.2) is 73.1 Å². The number of rotatable bonds is 4. The van der Waals surface area contributed by atoms with Crippen LogP contribution in [0.4, 0.5) is 23.1 Å². The van der Waals surface area contributed by atoms with Crippen molar-refractivity contribution in [3.05, 3.63) is 84.3 Å². The van der Waals surface area contributed by atoms with Crippen LogP contribution in [0, 0.1) is 13.8 Å². The van der Waals surface area contributed by atoms with Gasteiger partial charge in [-0.1, -0.05) is 30.3 Å². The summed E-state index contributed by atoms with van der Waals surface area (Å²) in [4.78, 5) is 15.7. The Hall–Kier alpha value is -3.93. The second-order valence-corrected chi connectivity index (χ2v) is 7.56. The van der Waals surface area contributed by atoms with Crippen molar-refractivity contribution in [3.63, 3.8) is 0 Å². The van der Waals surface area contributed by atoms with E-state index >= 15 is 0 Å². The molecule has 6 nitrogen and oxygen atoms in total. The maximum Gasteiger partial charge on any atom is 0.229 e. The quantitative estimate of drug-likeness (QED) is 0.485. The van der Waals surface area contributed by atoms with Crippen molar-refractivity contribution in [1.29, 1.82) is 0 Å². The minimum absolute atomic E-state index is 0.537. The molecule has 4 aromatic rings. The number of hydrogen-bond acceptors (Lipinski definition) is 6. The van der Waals surface area contributed by atoms with Crippen molar-refractivity contribution in [2.75, 3.05) is 23.4 Å². The summed E-state index contributed by atoms with van der Waals surface area (Å²) in [5.41, 5.74) is 6.55. The van der Waals surface area contributed by atoms with Crippen LogP contribution in [0.5, 0.6) is 5.75 Å². The molecule has 2 aromatic carbocycles. The highest BCUT2D eigenvalue weighted by atomic mass is 16.5. The van der Waals surface area contributed by atoms with Gasteiger partial charge in [0.1, 0.15) is 6.61 Å². The van der Waals surface area contributed by atoms with E-state index in [1.807, 2.05) is 43.5 Å². The molecule has 0 fully saturated rings. The van der Waals surface area contributed by atoms with Crippen molar-refractivity contribution in [2.24, 2.45) is 0 Å². The molecule has 6 heteroatoms. The van der Waals surface area contributed by atoms with Crippen molar-refractivity contribution < 1.29 is 4.74 Å². The first-order valence-corrected chi connectivity index (χ1v) is 10.3. The van der Waals surface area contributed by atoms with Gasteiger partial charge in [-0.25, -0.2) is 4.98 Å². The van der Waals surface area contributed by atoms with E-state index < -0.39 is 0 Å². The van der Waals surface area contributed by atoms with Gasteiger partial charge in [0, 0.05) is 23.3 Å². The Kier molecular flexibility index (Phi) is 4.96. The Labute approximate surface area is 181 Å². The highest BCUT2D eigenvalue weighted by molar-refractivity contribution is 5.71. The summed E-state index contributed by atoms with van der Waals surface area (Å²) in [6, 6.07) is 20.6. The molecule has 3 heterocycles. The van der Waals surface area contributed by atoms with E-state index in [0.717, 1.165) is 40.6 Å². The molecule has 0 unspecified atom stereocenters. The maximum atomic E-state index is 5.80. The van der Waals surface area contributed by atoms with Gasteiger partial charge in [-0.05, 0) is 60.9 Å². The highest BCUT2D eigenvalue weighted by Crippen LogP contribution is 2.36. The zero-order valence-electron chi connectivity index (χ0n) is 17.5. The van der Waals surface area contributed by atoms with Crippen LogP contribution >= 0.6 is 0 Å². The van der Waals surface area contributed by atoms with E-state index in [9.17, 15) is 0 Å². The minimum atomic E-state index is 0.537. The summed E-state index contributed by atoms with van der Waals surface area (Å²) < 4.78 is 5.80. The Balaban J connectivity index is 1.41. The molecule has 5 rings (SSSR count). The largest absolute Gasteiger partial charge is 0.486 e. The fraction of sp³-hybridized carbons (Fsp3) is 0.160. The average molecular weight is 409 g/mol. The molecule has 0 spiro atoms. The zero-order chi connectivity index (χ0) is 21.2. The molecule has 1 aliphatic rings. The molecular formula is C25H23N5O. The number of benzene rings is 2. The highest BCUT2D eigenvalue weighted by Gasteiger charge is 2.23. The van der Waals surface area contributed by atoms with Gasteiger partial charge in [0.15, 0.2) is 11.6 Å². The Bertz CT molecular complexity index is 1220. The lowest BCUT2D eigenvalue weighted by Crippen LogP contribution is -2.30. The summed E-state index contributed by atoms with van der Waals surface area (Å²) in [7, 11) is 0. The van der Waals surface area contributed by atoms with Gasteiger partial charge in [-0.3, -0.25) is 4.98 Å². The average Bonchev–Trinajstić information content (AvgIpc) is 2.80. The molecule has 1 aliphatic heterocycles. The molecule has 0 radical (unpaired) electrons. The molecule has 0 amide bonds. The van der Waals surface area contributed by atoms with E-state index in [1.165, 1.54) is 5.56 Å². The van der Waals surface area contributed by atoms with E-state index in [1.54, 1.807) is 6.20 Å². The molecule has 1 N–H and O–H groups in total. The SMILES string of the molecule is Cc1cc(-c2ccc(Nc3ncc4c(n3)N(c3ccccc3C)CCO4)cc2)ccn1. The zero-order valence-corrected chi connectivity index (χ0v) is 17.5. The maximum absolute atomic E-state index is 5.80. The molecular weight excluding hydrogens is 386 g/mol. The third kappa shape index (κ3) is 3.92. The fourth-order valence-electron chi connectivity index (χ4n) is 3.77. The second kappa shape index (κ2) is 8.07. The first-order valence-electron chi connectivity index (χ1n) is 10.3. The topological polar surface area (TPSA) is 63.2 Å². The fourth-order valence-corrected chi connectivity index (χ4v) is 3.77. The van der Waals surface area contributed by atoms with E-state index in [2.05, 4.69) is 57.4 Å². The smallest absolute Gasteiger partial charge is 0.229 e. The number of aromatic nitrogens is 3. The lowest BCUT2D eigenvalue weighted by Gasteiger charge is -2.31. The molecule has 31 heavy (non-hydrogen) atoms. The van der Waals surface area contributed by atoms with Gasteiger partial charge in [0.05, 0.1) is 12.7 Å². The second-order valence-electron chi connectivity index (χ2n) is 7.56. The number of ether oxygens (including phenoxy) is 1. The van der Waals surface area contributed by atoms with Gasteiger partial charge < -0.3 is 15.0 Å². The van der Waals surface area contributed by atoms with Gasteiger partial charge >= 0.3 is 0 Å². The van der Waals surface area contributed by atoms with Crippen molar-refractivity contribution in [1.82, 2.24) is 15.0 Å². The summed E-state index contributed by atoms with van der Waals surface area (Å²) >= 11 is 0. The van der Waals surface area contributed by atoms with Gasteiger partial charge in [0.25, 0.3) is 0 Å². The van der Waals surface area contributed by atoms with Crippen LogP contribution in [0.3, 0.4) is 0 Å². The number of hydrogen-bond donors (Lipinski definition) is 1. The number of para-hydroxylation sites is 1. The van der Waals surface area contributed by atoms with Crippen molar-refractivity contribution >= 4 is 23.1 Å². The summed E-state index contributed by atoms with van der Waals surface area (Å²) in [5.74, 6) is 2.01. The van der Waals surface area contributed by atoms with Crippen molar-refractivity contribution in [3.8, 4) is 16.9 Å². The lowest BCUT2D eigenvalue weighted by molar-refractivity contribution is 0.310. The van der Waals surface area contributed by atoms with Crippen LogP contribution < -0.4 is 15.0 Å². The van der Waals surface area contributed by atoms with Gasteiger partial charge in [0.2, 0.25) is 5.95 Å². The third-order valence-corrected chi connectivity index (χ3v) is 5.34. The van der Waals surface area contributed by atoms with E-state index in [-0.39, 0.29) is 0 Å².